The minimum Gasteiger partial charge on any atom is -0.378 e. The van der Waals surface area contributed by atoms with Crippen molar-refractivity contribution < 1.29 is 14.3 Å². The number of aromatic nitrogens is 1. The van der Waals surface area contributed by atoms with Crippen molar-refractivity contribution in [3.05, 3.63) is 29.8 Å². The van der Waals surface area contributed by atoms with Gasteiger partial charge in [0.15, 0.2) is 0 Å². The second-order valence-electron chi connectivity index (χ2n) is 7.91. The van der Waals surface area contributed by atoms with Crippen LogP contribution >= 0.6 is 0 Å². The Morgan fingerprint density at radius 2 is 1.83 bits per heavy atom. The lowest BCUT2D eigenvalue weighted by molar-refractivity contribution is -0.140. The summed E-state index contributed by atoms with van der Waals surface area (Å²) in [5.74, 6) is 1.26. The highest BCUT2D eigenvalue weighted by Gasteiger charge is 2.30. The van der Waals surface area contributed by atoms with Crippen molar-refractivity contribution in [1.82, 2.24) is 9.88 Å². The van der Waals surface area contributed by atoms with Crippen LogP contribution in [0, 0.1) is 12.8 Å². The number of rotatable bonds is 3. The zero-order chi connectivity index (χ0) is 20.4. The van der Waals surface area contributed by atoms with Gasteiger partial charge in [-0.25, -0.2) is 4.98 Å². The van der Waals surface area contributed by atoms with Crippen molar-refractivity contribution in [1.29, 1.82) is 0 Å². The number of aryl methyl sites for hydroxylation is 1. The number of ether oxygens (including phenoxy) is 1. The van der Waals surface area contributed by atoms with E-state index in [9.17, 15) is 9.59 Å². The summed E-state index contributed by atoms with van der Waals surface area (Å²) in [7, 11) is 0. The molecule has 2 aromatic rings. The Morgan fingerprint density at radius 1 is 1.10 bits per heavy atom. The van der Waals surface area contributed by atoms with Crippen molar-refractivity contribution in [3.8, 4) is 0 Å². The van der Waals surface area contributed by atoms with Gasteiger partial charge in [-0.1, -0.05) is 0 Å². The predicted molar refractivity (Wildman–Crippen MR) is 113 cm³/mol. The summed E-state index contributed by atoms with van der Waals surface area (Å²) in [5, 5.41) is 3.86. The molecule has 0 bridgehead atoms. The molecule has 1 aromatic heterocycles. The minimum absolute atomic E-state index is 0.0823. The molecule has 29 heavy (non-hydrogen) atoms. The number of nitrogens with one attached hydrogen (secondary N) is 1. The molecule has 1 aromatic carbocycles. The Balaban J connectivity index is 1.45. The van der Waals surface area contributed by atoms with E-state index in [1.807, 2.05) is 23.1 Å². The molecule has 0 spiro atoms. The fourth-order valence-corrected chi connectivity index (χ4v) is 4.22. The van der Waals surface area contributed by atoms with E-state index in [1.165, 1.54) is 6.92 Å². The molecule has 7 nitrogen and oxygen atoms in total. The van der Waals surface area contributed by atoms with Crippen molar-refractivity contribution in [2.45, 2.75) is 26.7 Å². The van der Waals surface area contributed by atoms with E-state index in [0.29, 0.717) is 26.3 Å². The third kappa shape index (κ3) is 4.34. The van der Waals surface area contributed by atoms with Crippen LogP contribution in [0.1, 0.15) is 25.3 Å². The molecule has 2 aliphatic heterocycles. The van der Waals surface area contributed by atoms with Crippen LogP contribution in [-0.4, -0.2) is 61.1 Å². The van der Waals surface area contributed by atoms with Crippen LogP contribution in [0.4, 0.5) is 11.5 Å². The summed E-state index contributed by atoms with van der Waals surface area (Å²) >= 11 is 0. The van der Waals surface area contributed by atoms with Gasteiger partial charge in [-0.15, -0.1) is 0 Å². The van der Waals surface area contributed by atoms with E-state index in [1.54, 1.807) is 0 Å². The summed E-state index contributed by atoms with van der Waals surface area (Å²) in [6, 6.07) is 7.90. The summed E-state index contributed by atoms with van der Waals surface area (Å²) < 4.78 is 5.35. The molecule has 1 N–H and O–H groups in total. The molecule has 2 aliphatic rings. The maximum atomic E-state index is 12.7. The van der Waals surface area contributed by atoms with Gasteiger partial charge in [0, 0.05) is 50.1 Å². The van der Waals surface area contributed by atoms with Crippen molar-refractivity contribution >= 4 is 34.2 Å². The minimum atomic E-state index is -0.0823. The van der Waals surface area contributed by atoms with E-state index in [-0.39, 0.29) is 17.7 Å². The van der Waals surface area contributed by atoms with Gasteiger partial charge >= 0.3 is 0 Å². The molecule has 2 saturated heterocycles. The first kappa shape index (κ1) is 19.6. The van der Waals surface area contributed by atoms with Gasteiger partial charge in [-0.2, -0.15) is 0 Å². The number of hydrogen-bond donors (Lipinski definition) is 1. The summed E-state index contributed by atoms with van der Waals surface area (Å²) in [4.78, 5) is 33.1. The van der Waals surface area contributed by atoms with Crippen molar-refractivity contribution in [3.63, 3.8) is 0 Å². The third-order valence-electron chi connectivity index (χ3n) is 5.81. The number of carbonyl (C=O) groups is 2. The number of nitrogens with zero attached hydrogens (tertiary/aromatic N) is 3. The number of anilines is 2. The van der Waals surface area contributed by atoms with Crippen LogP contribution in [-0.2, 0) is 14.3 Å². The molecule has 0 radical (unpaired) electrons. The largest absolute Gasteiger partial charge is 0.378 e. The summed E-state index contributed by atoms with van der Waals surface area (Å²) in [5.41, 5.74) is 2.83. The van der Waals surface area contributed by atoms with Gasteiger partial charge in [-0.05, 0) is 49.6 Å². The maximum absolute atomic E-state index is 12.7. The number of morpholine rings is 1. The Labute approximate surface area is 171 Å². The third-order valence-corrected chi connectivity index (χ3v) is 5.81. The monoisotopic (exact) mass is 396 g/mol. The lowest BCUT2D eigenvalue weighted by Gasteiger charge is -2.36. The second kappa shape index (κ2) is 8.37. The highest BCUT2D eigenvalue weighted by molar-refractivity contribution is 5.93. The van der Waals surface area contributed by atoms with E-state index in [2.05, 4.69) is 23.2 Å². The Hall–Kier alpha value is -2.67. The molecule has 0 atom stereocenters. The highest BCUT2D eigenvalue weighted by atomic mass is 16.5. The number of carbonyl (C=O) groups excluding carboxylic acids is 2. The highest BCUT2D eigenvalue weighted by Crippen LogP contribution is 2.28. The first-order valence-electron chi connectivity index (χ1n) is 10.3. The number of fused-ring (bicyclic) bond motifs is 1. The molecule has 0 saturated carbocycles. The van der Waals surface area contributed by atoms with Crippen molar-refractivity contribution in [2.75, 3.05) is 49.6 Å². The molecule has 2 fully saturated rings. The topological polar surface area (TPSA) is 74.8 Å². The number of pyridine rings is 1. The van der Waals surface area contributed by atoms with Crippen LogP contribution in [0.2, 0.25) is 0 Å². The SMILES string of the molecule is CC(=O)Nc1ccc2nc(N3CCC(C(=O)N4CCOCC4)CC3)cc(C)c2c1. The predicted octanol–water partition coefficient (Wildman–Crippen LogP) is 2.58. The summed E-state index contributed by atoms with van der Waals surface area (Å²) in [6.45, 7) is 7.97. The normalized spacial score (nSPS) is 18.1. The molecule has 7 heteroatoms. The van der Waals surface area contributed by atoms with Gasteiger partial charge in [0.1, 0.15) is 5.82 Å². The Bertz CT molecular complexity index is 916. The van der Waals surface area contributed by atoms with Gasteiger partial charge in [0.2, 0.25) is 11.8 Å². The Morgan fingerprint density at radius 3 is 2.52 bits per heavy atom. The van der Waals surface area contributed by atoms with Crippen LogP contribution in [0.25, 0.3) is 10.9 Å². The lowest BCUT2D eigenvalue weighted by atomic mass is 9.95. The van der Waals surface area contributed by atoms with E-state index < -0.39 is 0 Å². The molecular weight excluding hydrogens is 368 g/mol. The molecule has 2 amide bonds. The quantitative estimate of drug-likeness (QED) is 0.863. The molecule has 154 valence electrons. The van der Waals surface area contributed by atoms with Crippen molar-refractivity contribution in [2.24, 2.45) is 5.92 Å². The zero-order valence-electron chi connectivity index (χ0n) is 17.1. The number of benzene rings is 1. The van der Waals surface area contributed by atoms with E-state index in [4.69, 9.17) is 9.72 Å². The van der Waals surface area contributed by atoms with Crippen LogP contribution < -0.4 is 10.2 Å². The van der Waals surface area contributed by atoms with Crippen LogP contribution in [0.5, 0.6) is 0 Å². The van der Waals surface area contributed by atoms with Gasteiger partial charge in [0.25, 0.3) is 0 Å². The molecular formula is C22H28N4O3. The van der Waals surface area contributed by atoms with E-state index >= 15 is 0 Å². The Kier molecular flexibility index (Phi) is 5.67. The lowest BCUT2D eigenvalue weighted by Crippen LogP contribution is -2.46. The van der Waals surface area contributed by atoms with Gasteiger partial charge in [0.05, 0.1) is 18.7 Å². The molecule has 4 rings (SSSR count). The van der Waals surface area contributed by atoms with Gasteiger partial charge < -0.3 is 19.9 Å². The first-order chi connectivity index (χ1) is 14.0. The zero-order valence-corrected chi connectivity index (χ0v) is 17.1. The van der Waals surface area contributed by atoms with E-state index in [0.717, 1.165) is 53.9 Å². The summed E-state index contributed by atoms with van der Waals surface area (Å²) in [6.07, 6.45) is 1.72. The number of hydrogen-bond acceptors (Lipinski definition) is 5. The molecule has 0 aliphatic carbocycles. The average molecular weight is 396 g/mol. The maximum Gasteiger partial charge on any atom is 0.225 e. The number of amides is 2. The standard InChI is InChI=1S/C22H28N4O3/c1-15-13-21(24-20-4-3-18(14-19(15)20)23-16(2)27)25-7-5-17(6-8-25)22(28)26-9-11-29-12-10-26/h3-4,13-14,17H,5-12H2,1-2H3,(H,23,27). The van der Waals surface area contributed by atoms with Crippen LogP contribution in [0.15, 0.2) is 24.3 Å². The fourth-order valence-electron chi connectivity index (χ4n) is 4.22. The average Bonchev–Trinajstić information content (AvgIpc) is 2.74. The number of piperidine rings is 1. The fraction of sp³-hybridized carbons (Fsp3) is 0.500. The molecule has 0 unspecified atom stereocenters. The molecule has 3 heterocycles. The second-order valence-corrected chi connectivity index (χ2v) is 7.91. The first-order valence-corrected chi connectivity index (χ1v) is 10.3. The van der Waals surface area contributed by atoms with Crippen LogP contribution in [0.3, 0.4) is 0 Å². The smallest absolute Gasteiger partial charge is 0.225 e. The van der Waals surface area contributed by atoms with Gasteiger partial charge in [-0.3, -0.25) is 9.59 Å².